The molecule has 2 fully saturated rings. The van der Waals surface area contributed by atoms with Crippen molar-refractivity contribution in [2.45, 2.75) is 56.9 Å². The quantitative estimate of drug-likeness (QED) is 0.783. The predicted molar refractivity (Wildman–Crippen MR) is 102 cm³/mol. The van der Waals surface area contributed by atoms with Crippen LogP contribution in [0, 0.1) is 5.92 Å². The summed E-state index contributed by atoms with van der Waals surface area (Å²) in [6, 6.07) is 5.34. The highest BCUT2D eigenvalue weighted by atomic mass is 16.5. The highest BCUT2D eigenvalue weighted by Gasteiger charge is 2.26. The van der Waals surface area contributed by atoms with Gasteiger partial charge in [-0.1, -0.05) is 19.3 Å². The van der Waals surface area contributed by atoms with Gasteiger partial charge >= 0.3 is 0 Å². The smallest absolute Gasteiger partial charge is 0.241 e. The lowest BCUT2D eigenvalue weighted by molar-refractivity contribution is -0.119. The lowest BCUT2D eigenvalue weighted by atomic mass is 9.89. The molecule has 140 valence electrons. The van der Waals surface area contributed by atoms with Gasteiger partial charge in [0.15, 0.2) is 0 Å². The van der Waals surface area contributed by atoms with Crippen LogP contribution in [-0.2, 0) is 9.53 Å². The van der Waals surface area contributed by atoms with Crippen LogP contribution in [0.1, 0.15) is 56.7 Å². The van der Waals surface area contributed by atoms with E-state index in [2.05, 4.69) is 10.3 Å². The molecule has 1 aromatic carbocycles. The third-order valence-corrected chi connectivity index (χ3v) is 5.84. The molecule has 1 saturated carbocycles. The van der Waals surface area contributed by atoms with E-state index >= 15 is 0 Å². The molecule has 4 rings (SSSR count). The van der Waals surface area contributed by atoms with Crippen LogP contribution in [0.25, 0.3) is 11.0 Å². The maximum atomic E-state index is 12.5. The Balaban J connectivity index is 1.45. The van der Waals surface area contributed by atoms with Crippen molar-refractivity contribution in [3.63, 3.8) is 0 Å². The molecule has 6 nitrogen and oxygen atoms in total. The number of benzene rings is 1. The van der Waals surface area contributed by atoms with Crippen LogP contribution in [0.15, 0.2) is 18.2 Å². The van der Waals surface area contributed by atoms with E-state index in [0.29, 0.717) is 19.1 Å². The van der Waals surface area contributed by atoms with Crippen molar-refractivity contribution >= 4 is 22.6 Å². The number of anilines is 1. The highest BCUT2D eigenvalue weighted by molar-refractivity contribution is 5.96. The van der Waals surface area contributed by atoms with Crippen LogP contribution in [0.3, 0.4) is 0 Å². The highest BCUT2D eigenvalue weighted by Crippen LogP contribution is 2.32. The first-order chi connectivity index (χ1) is 12.7. The Bertz CT molecular complexity index is 760. The maximum Gasteiger partial charge on any atom is 0.241 e. The Kier molecular flexibility index (Phi) is 5.22. The summed E-state index contributed by atoms with van der Waals surface area (Å²) < 4.78 is 5.35. The molecule has 1 atom stereocenters. The van der Waals surface area contributed by atoms with Crippen molar-refractivity contribution in [1.29, 1.82) is 0 Å². The number of H-pyrrole nitrogens is 1. The maximum absolute atomic E-state index is 12.5. The van der Waals surface area contributed by atoms with Crippen molar-refractivity contribution in [3.8, 4) is 0 Å². The lowest BCUT2D eigenvalue weighted by Gasteiger charge is -2.26. The summed E-state index contributed by atoms with van der Waals surface area (Å²) in [6.45, 7) is 1.38. The van der Waals surface area contributed by atoms with Gasteiger partial charge in [-0.3, -0.25) is 4.79 Å². The molecule has 1 amide bonds. The first kappa shape index (κ1) is 17.5. The number of imidazole rings is 1. The molecule has 4 N–H and O–H groups in total. The van der Waals surface area contributed by atoms with E-state index in [1.165, 1.54) is 32.1 Å². The van der Waals surface area contributed by atoms with Gasteiger partial charge in [0, 0.05) is 24.8 Å². The summed E-state index contributed by atoms with van der Waals surface area (Å²) in [5.74, 6) is 1.69. The van der Waals surface area contributed by atoms with Crippen LogP contribution in [-0.4, -0.2) is 35.1 Å². The zero-order valence-corrected chi connectivity index (χ0v) is 15.2. The molecule has 0 radical (unpaired) electrons. The van der Waals surface area contributed by atoms with Crippen molar-refractivity contribution < 1.29 is 9.53 Å². The number of aromatic nitrogens is 2. The van der Waals surface area contributed by atoms with Gasteiger partial charge in [0.25, 0.3) is 0 Å². The molecule has 0 spiro atoms. The summed E-state index contributed by atoms with van der Waals surface area (Å²) in [7, 11) is 0. The number of fused-ring (bicyclic) bond motifs is 1. The SMILES string of the molecule is NC(C(=O)Nc1ccc2nc(C3CCCCC3)[nH]c2c1)C1CCOCC1. The minimum atomic E-state index is -0.492. The number of nitrogens with one attached hydrogen (secondary N) is 2. The number of carbonyl (C=O) groups is 1. The van der Waals surface area contributed by atoms with Crippen molar-refractivity contribution in [2.24, 2.45) is 11.7 Å². The van der Waals surface area contributed by atoms with Gasteiger partial charge < -0.3 is 20.8 Å². The van der Waals surface area contributed by atoms with Gasteiger partial charge in [0.05, 0.1) is 17.1 Å². The second kappa shape index (κ2) is 7.76. The van der Waals surface area contributed by atoms with Gasteiger partial charge in [0.2, 0.25) is 5.91 Å². The molecule has 26 heavy (non-hydrogen) atoms. The van der Waals surface area contributed by atoms with Crippen LogP contribution in [0.4, 0.5) is 5.69 Å². The van der Waals surface area contributed by atoms with E-state index in [1.54, 1.807) is 0 Å². The van der Waals surface area contributed by atoms with Gasteiger partial charge in [-0.2, -0.15) is 0 Å². The number of amides is 1. The van der Waals surface area contributed by atoms with Crippen LogP contribution < -0.4 is 11.1 Å². The molecule has 1 unspecified atom stereocenters. The molecule has 6 heteroatoms. The third-order valence-electron chi connectivity index (χ3n) is 5.84. The lowest BCUT2D eigenvalue weighted by Crippen LogP contribution is -2.43. The number of nitrogens with zero attached hydrogens (tertiary/aromatic N) is 1. The van der Waals surface area contributed by atoms with E-state index < -0.39 is 6.04 Å². The first-order valence-corrected chi connectivity index (χ1v) is 9.84. The Morgan fingerprint density at radius 1 is 1.19 bits per heavy atom. The average molecular weight is 356 g/mol. The molecular formula is C20H28N4O2. The number of carbonyl (C=O) groups excluding carboxylic acids is 1. The number of hydrogen-bond donors (Lipinski definition) is 3. The first-order valence-electron chi connectivity index (χ1n) is 9.84. The fraction of sp³-hybridized carbons (Fsp3) is 0.600. The predicted octanol–water partition coefficient (Wildman–Crippen LogP) is 3.30. The topological polar surface area (TPSA) is 93.0 Å². The fourth-order valence-corrected chi connectivity index (χ4v) is 4.19. The molecule has 2 aromatic rings. The molecule has 1 aliphatic carbocycles. The number of rotatable bonds is 4. The minimum absolute atomic E-state index is 0.122. The summed E-state index contributed by atoms with van der Waals surface area (Å²) in [5, 5.41) is 2.97. The van der Waals surface area contributed by atoms with E-state index in [4.69, 9.17) is 15.5 Å². The Morgan fingerprint density at radius 2 is 1.96 bits per heavy atom. The number of nitrogens with two attached hydrogens (primary N) is 1. The normalized spacial score (nSPS) is 21.0. The zero-order chi connectivity index (χ0) is 17.9. The second-order valence-corrected chi connectivity index (χ2v) is 7.65. The van der Waals surface area contributed by atoms with Crippen LogP contribution in [0.5, 0.6) is 0 Å². The van der Waals surface area contributed by atoms with Gasteiger partial charge in [-0.15, -0.1) is 0 Å². The van der Waals surface area contributed by atoms with Crippen molar-refractivity contribution in [2.75, 3.05) is 18.5 Å². The monoisotopic (exact) mass is 356 g/mol. The average Bonchev–Trinajstić information content (AvgIpc) is 3.12. The summed E-state index contributed by atoms with van der Waals surface area (Å²) in [6.07, 6.45) is 8.02. The van der Waals surface area contributed by atoms with Crippen LogP contribution >= 0.6 is 0 Å². The van der Waals surface area contributed by atoms with Crippen LogP contribution in [0.2, 0.25) is 0 Å². The summed E-state index contributed by atoms with van der Waals surface area (Å²) in [5.41, 5.74) is 8.86. The summed E-state index contributed by atoms with van der Waals surface area (Å²) in [4.78, 5) is 20.7. The Hall–Kier alpha value is -1.92. The fourth-order valence-electron chi connectivity index (χ4n) is 4.19. The molecule has 1 aromatic heterocycles. The summed E-state index contributed by atoms with van der Waals surface area (Å²) >= 11 is 0. The second-order valence-electron chi connectivity index (χ2n) is 7.65. The third kappa shape index (κ3) is 3.76. The Morgan fingerprint density at radius 3 is 2.73 bits per heavy atom. The van der Waals surface area contributed by atoms with E-state index in [-0.39, 0.29) is 11.8 Å². The van der Waals surface area contributed by atoms with Crippen molar-refractivity contribution in [1.82, 2.24) is 9.97 Å². The number of aromatic amines is 1. The minimum Gasteiger partial charge on any atom is -0.381 e. The number of hydrogen-bond acceptors (Lipinski definition) is 4. The largest absolute Gasteiger partial charge is 0.381 e. The molecule has 2 heterocycles. The molecular weight excluding hydrogens is 328 g/mol. The van der Waals surface area contributed by atoms with E-state index in [9.17, 15) is 4.79 Å². The molecule has 2 aliphatic rings. The van der Waals surface area contributed by atoms with E-state index in [0.717, 1.165) is 35.4 Å². The van der Waals surface area contributed by atoms with Gasteiger partial charge in [-0.05, 0) is 49.8 Å². The standard InChI is InChI=1S/C20H28N4O2/c21-18(13-8-10-26-11-9-13)20(25)22-15-6-7-16-17(12-15)24-19(23-16)14-4-2-1-3-5-14/h6-7,12-14,18H,1-5,8-11,21H2,(H,22,25)(H,23,24). The molecule has 1 aliphatic heterocycles. The number of ether oxygens (including phenoxy) is 1. The molecule has 1 saturated heterocycles. The van der Waals surface area contributed by atoms with Crippen molar-refractivity contribution in [3.05, 3.63) is 24.0 Å². The molecule has 0 bridgehead atoms. The zero-order valence-electron chi connectivity index (χ0n) is 15.2. The Labute approximate surface area is 153 Å². The van der Waals surface area contributed by atoms with E-state index in [1.807, 2.05) is 18.2 Å². The van der Waals surface area contributed by atoms with Gasteiger partial charge in [-0.25, -0.2) is 4.98 Å². The van der Waals surface area contributed by atoms with Gasteiger partial charge in [0.1, 0.15) is 5.82 Å².